The summed E-state index contributed by atoms with van der Waals surface area (Å²) in [5.74, 6) is -0.549. The van der Waals surface area contributed by atoms with E-state index in [0.29, 0.717) is 24.2 Å². The normalized spacial score (nSPS) is 21.9. The molecule has 0 N–H and O–H groups in total. The number of rotatable bonds is 4. The van der Waals surface area contributed by atoms with E-state index in [9.17, 15) is 13.8 Å². The summed E-state index contributed by atoms with van der Waals surface area (Å²) < 4.78 is 17.3. The zero-order chi connectivity index (χ0) is 13.8. The van der Waals surface area contributed by atoms with Gasteiger partial charge in [-0.1, -0.05) is 18.2 Å². The van der Waals surface area contributed by atoms with Crippen molar-refractivity contribution in [3.8, 4) is 0 Å². The molecule has 0 bridgehead atoms. The number of esters is 1. The van der Waals surface area contributed by atoms with Crippen LogP contribution in [-0.4, -0.2) is 28.3 Å². The van der Waals surface area contributed by atoms with Crippen LogP contribution in [0.15, 0.2) is 35.2 Å². The molecule has 0 heterocycles. The van der Waals surface area contributed by atoms with E-state index in [1.165, 1.54) is 7.11 Å². The van der Waals surface area contributed by atoms with Gasteiger partial charge in [0.05, 0.1) is 17.9 Å². The monoisotopic (exact) mass is 280 g/mol. The maximum atomic E-state index is 12.5. The third-order valence-corrected chi connectivity index (χ3v) is 5.13. The van der Waals surface area contributed by atoms with Gasteiger partial charge in [0, 0.05) is 17.7 Å². The zero-order valence-corrected chi connectivity index (χ0v) is 11.5. The van der Waals surface area contributed by atoms with E-state index in [2.05, 4.69) is 0 Å². The van der Waals surface area contributed by atoms with Crippen LogP contribution in [0.3, 0.4) is 0 Å². The Kier molecular flexibility index (Phi) is 4.47. The molecule has 0 amide bonds. The highest BCUT2D eigenvalue weighted by atomic mass is 32.2. The molecule has 2 rings (SSSR count). The van der Waals surface area contributed by atoms with Crippen molar-refractivity contribution < 1.29 is 18.5 Å². The van der Waals surface area contributed by atoms with Crippen LogP contribution in [-0.2, 0) is 25.1 Å². The first-order valence-corrected chi connectivity index (χ1v) is 7.40. The van der Waals surface area contributed by atoms with Crippen LogP contribution in [0.25, 0.3) is 0 Å². The van der Waals surface area contributed by atoms with Crippen LogP contribution in [0.2, 0.25) is 0 Å². The molecule has 1 aliphatic carbocycles. The SMILES string of the molecule is COC(=O)C(C1CCC(=O)C1)S(=O)c1ccccc1. The van der Waals surface area contributed by atoms with E-state index >= 15 is 0 Å². The summed E-state index contributed by atoms with van der Waals surface area (Å²) in [5, 5.41) is -0.751. The van der Waals surface area contributed by atoms with Gasteiger partial charge in [-0.2, -0.15) is 0 Å². The molecule has 0 radical (unpaired) electrons. The Morgan fingerprint density at radius 1 is 1.37 bits per heavy atom. The first-order chi connectivity index (χ1) is 9.13. The summed E-state index contributed by atoms with van der Waals surface area (Å²) in [6.45, 7) is 0. The van der Waals surface area contributed by atoms with Gasteiger partial charge in [-0.3, -0.25) is 13.8 Å². The Morgan fingerprint density at radius 3 is 2.58 bits per heavy atom. The molecule has 0 aliphatic heterocycles. The van der Waals surface area contributed by atoms with Crippen molar-refractivity contribution in [1.29, 1.82) is 0 Å². The summed E-state index contributed by atoms with van der Waals surface area (Å²) >= 11 is 0. The minimum Gasteiger partial charge on any atom is -0.468 e. The first kappa shape index (κ1) is 13.9. The molecular weight excluding hydrogens is 264 g/mol. The Morgan fingerprint density at radius 2 is 2.05 bits per heavy atom. The van der Waals surface area contributed by atoms with Gasteiger partial charge < -0.3 is 4.74 Å². The summed E-state index contributed by atoms with van der Waals surface area (Å²) in [5.41, 5.74) is 0. The molecule has 1 saturated carbocycles. The van der Waals surface area contributed by atoms with Crippen molar-refractivity contribution in [2.75, 3.05) is 7.11 Å². The second kappa shape index (κ2) is 6.10. The highest BCUT2D eigenvalue weighted by Gasteiger charge is 2.39. The lowest BCUT2D eigenvalue weighted by Crippen LogP contribution is -2.34. The van der Waals surface area contributed by atoms with E-state index in [-0.39, 0.29) is 11.7 Å². The molecule has 0 aromatic heterocycles. The average Bonchev–Trinajstić information content (AvgIpc) is 2.86. The van der Waals surface area contributed by atoms with Crippen molar-refractivity contribution in [3.63, 3.8) is 0 Å². The van der Waals surface area contributed by atoms with E-state index in [0.717, 1.165) is 0 Å². The molecule has 5 heteroatoms. The lowest BCUT2D eigenvalue weighted by atomic mass is 10.0. The number of ketones is 1. The molecular formula is C14H16O4S. The Balaban J connectivity index is 2.25. The fourth-order valence-electron chi connectivity index (χ4n) is 2.37. The fourth-order valence-corrected chi connectivity index (χ4v) is 3.94. The molecule has 102 valence electrons. The van der Waals surface area contributed by atoms with Crippen LogP contribution in [0.4, 0.5) is 0 Å². The number of Topliss-reactive ketones (excluding diaryl/α,β-unsaturated/α-hetero) is 1. The van der Waals surface area contributed by atoms with E-state index in [4.69, 9.17) is 4.74 Å². The Bertz CT molecular complexity index is 497. The van der Waals surface area contributed by atoms with Gasteiger partial charge in [-0.15, -0.1) is 0 Å². The third-order valence-electron chi connectivity index (χ3n) is 3.35. The number of carbonyl (C=O) groups is 2. The maximum Gasteiger partial charge on any atom is 0.322 e. The van der Waals surface area contributed by atoms with Crippen molar-refractivity contribution >= 4 is 22.6 Å². The number of methoxy groups -OCH3 is 1. The topological polar surface area (TPSA) is 60.4 Å². The summed E-state index contributed by atoms with van der Waals surface area (Å²) in [7, 11) is -0.197. The molecule has 1 aromatic carbocycles. The fraction of sp³-hybridized carbons (Fsp3) is 0.429. The molecule has 0 saturated heterocycles. The molecule has 3 atom stereocenters. The molecule has 19 heavy (non-hydrogen) atoms. The van der Waals surface area contributed by atoms with E-state index < -0.39 is 22.0 Å². The number of ether oxygens (including phenoxy) is 1. The van der Waals surface area contributed by atoms with Gasteiger partial charge in [0.1, 0.15) is 11.0 Å². The summed E-state index contributed by atoms with van der Waals surface area (Å²) in [6, 6.07) is 8.83. The van der Waals surface area contributed by atoms with E-state index in [1.807, 2.05) is 6.07 Å². The predicted molar refractivity (Wildman–Crippen MR) is 71.0 cm³/mol. The molecule has 1 aromatic rings. The van der Waals surface area contributed by atoms with Crippen LogP contribution >= 0.6 is 0 Å². The second-order valence-corrected chi connectivity index (χ2v) is 6.17. The van der Waals surface area contributed by atoms with Gasteiger partial charge in [-0.05, 0) is 24.5 Å². The Hall–Kier alpha value is -1.49. The average molecular weight is 280 g/mol. The zero-order valence-electron chi connectivity index (χ0n) is 10.7. The largest absolute Gasteiger partial charge is 0.468 e. The minimum absolute atomic E-state index is 0.129. The van der Waals surface area contributed by atoms with Crippen molar-refractivity contribution in [2.45, 2.75) is 29.4 Å². The first-order valence-electron chi connectivity index (χ1n) is 6.18. The van der Waals surface area contributed by atoms with Crippen LogP contribution < -0.4 is 0 Å². The van der Waals surface area contributed by atoms with Crippen LogP contribution in [0.1, 0.15) is 19.3 Å². The lowest BCUT2D eigenvalue weighted by Gasteiger charge is -2.19. The molecule has 1 aliphatic rings. The van der Waals surface area contributed by atoms with Gasteiger partial charge in [0.2, 0.25) is 0 Å². The standard InChI is InChI=1S/C14H16O4S/c1-18-14(16)13(10-7-8-11(15)9-10)19(17)12-5-3-2-4-6-12/h2-6,10,13H,7-9H2,1H3. The van der Waals surface area contributed by atoms with Crippen molar-refractivity contribution in [1.82, 2.24) is 0 Å². The summed E-state index contributed by atoms with van der Waals surface area (Å²) in [6.07, 6.45) is 1.39. The molecule has 0 spiro atoms. The number of hydrogen-bond acceptors (Lipinski definition) is 4. The van der Waals surface area contributed by atoms with Crippen LogP contribution in [0.5, 0.6) is 0 Å². The third kappa shape index (κ3) is 3.10. The van der Waals surface area contributed by atoms with E-state index in [1.54, 1.807) is 24.3 Å². The lowest BCUT2D eigenvalue weighted by molar-refractivity contribution is -0.141. The van der Waals surface area contributed by atoms with Gasteiger partial charge >= 0.3 is 5.97 Å². The van der Waals surface area contributed by atoms with Crippen molar-refractivity contribution in [3.05, 3.63) is 30.3 Å². The molecule has 4 nitrogen and oxygen atoms in total. The number of carbonyl (C=O) groups excluding carboxylic acids is 2. The second-order valence-electron chi connectivity index (χ2n) is 4.60. The quantitative estimate of drug-likeness (QED) is 0.788. The minimum atomic E-state index is -1.48. The Labute approximate surface area is 114 Å². The predicted octanol–water partition coefficient (Wildman–Crippen LogP) is 1.70. The van der Waals surface area contributed by atoms with Gasteiger partial charge in [-0.25, -0.2) is 0 Å². The maximum absolute atomic E-state index is 12.5. The molecule has 3 unspecified atom stereocenters. The summed E-state index contributed by atoms with van der Waals surface area (Å²) in [4.78, 5) is 23.9. The highest BCUT2D eigenvalue weighted by Crippen LogP contribution is 2.30. The smallest absolute Gasteiger partial charge is 0.322 e. The molecule has 1 fully saturated rings. The number of hydrogen-bond donors (Lipinski definition) is 0. The van der Waals surface area contributed by atoms with Crippen molar-refractivity contribution in [2.24, 2.45) is 5.92 Å². The highest BCUT2D eigenvalue weighted by molar-refractivity contribution is 7.86. The van der Waals surface area contributed by atoms with Gasteiger partial charge in [0.25, 0.3) is 0 Å². The van der Waals surface area contributed by atoms with Gasteiger partial charge in [0.15, 0.2) is 0 Å². The number of benzene rings is 1. The van der Waals surface area contributed by atoms with Crippen LogP contribution in [0, 0.1) is 5.92 Å².